The molecule has 96 valence electrons. The molecule has 0 radical (unpaired) electrons. The molecule has 0 saturated heterocycles. The molecule has 2 N–H and O–H groups in total. The number of benzene rings is 1. The number of rotatable bonds is 4. The maximum Gasteiger partial charge on any atom is 0.151 e. The summed E-state index contributed by atoms with van der Waals surface area (Å²) in [5.74, 6) is 0. The van der Waals surface area contributed by atoms with Crippen LogP contribution >= 0.6 is 23.2 Å². The van der Waals surface area contributed by atoms with Gasteiger partial charge in [-0.15, -0.1) is 0 Å². The molecule has 2 unspecified atom stereocenters. The first-order valence-corrected chi connectivity index (χ1v) is 7.81. The van der Waals surface area contributed by atoms with E-state index in [0.29, 0.717) is 16.5 Å². The summed E-state index contributed by atoms with van der Waals surface area (Å²) >= 11 is 11.8. The summed E-state index contributed by atoms with van der Waals surface area (Å²) in [5, 5.41) is 0.450. The van der Waals surface area contributed by atoms with Crippen LogP contribution < -0.4 is 5.73 Å². The lowest BCUT2D eigenvalue weighted by molar-refractivity contribution is 0.562. The van der Waals surface area contributed by atoms with Crippen LogP contribution in [0.1, 0.15) is 12.5 Å². The Morgan fingerprint density at radius 2 is 1.94 bits per heavy atom. The van der Waals surface area contributed by atoms with Crippen molar-refractivity contribution in [2.24, 2.45) is 5.73 Å². The van der Waals surface area contributed by atoms with E-state index in [4.69, 9.17) is 28.9 Å². The van der Waals surface area contributed by atoms with Crippen molar-refractivity contribution in [1.29, 1.82) is 0 Å². The lowest BCUT2D eigenvalue weighted by atomic mass is 10.0. The second kappa shape index (κ2) is 5.57. The van der Waals surface area contributed by atoms with Crippen LogP contribution in [0.2, 0.25) is 10.0 Å². The van der Waals surface area contributed by atoms with E-state index >= 15 is 0 Å². The zero-order valence-corrected chi connectivity index (χ0v) is 12.0. The molecule has 0 saturated carbocycles. The summed E-state index contributed by atoms with van der Waals surface area (Å²) in [6.07, 6.45) is 1.59. The maximum atomic E-state index is 11.4. The molecule has 0 amide bonds. The van der Waals surface area contributed by atoms with E-state index in [1.165, 1.54) is 6.26 Å². The highest BCUT2D eigenvalue weighted by Gasteiger charge is 2.23. The molecule has 0 bridgehead atoms. The van der Waals surface area contributed by atoms with Crippen molar-refractivity contribution in [3.63, 3.8) is 0 Å². The Balaban J connectivity index is 2.85. The van der Waals surface area contributed by atoms with E-state index in [-0.39, 0.29) is 0 Å². The standard InChI is InChI=1S/C11H15Cl2NO2S/c1-7(17(2,15)16)11(14)5-8-3-4-9(12)6-10(8)13/h3-4,6-7,11H,5,14H2,1-2H3. The van der Waals surface area contributed by atoms with Crippen LogP contribution in [0.25, 0.3) is 0 Å². The fraction of sp³-hybridized carbons (Fsp3) is 0.455. The Kier molecular flexibility index (Phi) is 4.84. The van der Waals surface area contributed by atoms with Gasteiger partial charge in [0.1, 0.15) is 0 Å². The minimum absolute atomic E-state index is 0.407. The first-order valence-electron chi connectivity index (χ1n) is 5.10. The Bertz CT molecular complexity index is 502. The molecule has 2 atom stereocenters. The van der Waals surface area contributed by atoms with Gasteiger partial charge in [-0.1, -0.05) is 29.3 Å². The smallest absolute Gasteiger partial charge is 0.151 e. The van der Waals surface area contributed by atoms with Gasteiger partial charge in [0.05, 0.1) is 5.25 Å². The molecule has 0 heterocycles. The molecule has 17 heavy (non-hydrogen) atoms. The van der Waals surface area contributed by atoms with Gasteiger partial charge in [0.2, 0.25) is 0 Å². The van der Waals surface area contributed by atoms with Crippen LogP contribution in [0.5, 0.6) is 0 Å². The van der Waals surface area contributed by atoms with E-state index < -0.39 is 21.1 Å². The van der Waals surface area contributed by atoms with Gasteiger partial charge in [0.25, 0.3) is 0 Å². The van der Waals surface area contributed by atoms with Crippen LogP contribution in [0.4, 0.5) is 0 Å². The van der Waals surface area contributed by atoms with Crippen molar-refractivity contribution in [2.75, 3.05) is 6.26 Å². The first kappa shape index (κ1) is 14.8. The molecule has 0 fully saturated rings. The Hall–Kier alpha value is -0.290. The normalized spacial score (nSPS) is 15.6. The van der Waals surface area contributed by atoms with E-state index in [0.717, 1.165) is 5.56 Å². The lowest BCUT2D eigenvalue weighted by Gasteiger charge is -2.18. The Morgan fingerprint density at radius 3 is 2.41 bits per heavy atom. The largest absolute Gasteiger partial charge is 0.326 e. The van der Waals surface area contributed by atoms with E-state index in [2.05, 4.69) is 0 Å². The van der Waals surface area contributed by atoms with Crippen molar-refractivity contribution in [3.05, 3.63) is 33.8 Å². The highest BCUT2D eigenvalue weighted by molar-refractivity contribution is 7.91. The first-order chi connectivity index (χ1) is 7.71. The van der Waals surface area contributed by atoms with Gasteiger partial charge in [-0.25, -0.2) is 8.42 Å². The summed E-state index contributed by atoms with van der Waals surface area (Å²) < 4.78 is 22.7. The second-order valence-electron chi connectivity index (χ2n) is 4.14. The SMILES string of the molecule is CC(C(N)Cc1ccc(Cl)cc1Cl)S(C)(=O)=O. The lowest BCUT2D eigenvalue weighted by Crippen LogP contribution is -2.39. The molecule has 0 aromatic heterocycles. The van der Waals surface area contributed by atoms with Gasteiger partial charge in [0.15, 0.2) is 9.84 Å². The number of nitrogens with two attached hydrogens (primary N) is 1. The van der Waals surface area contributed by atoms with Crippen molar-refractivity contribution in [2.45, 2.75) is 24.6 Å². The third-order valence-electron chi connectivity index (χ3n) is 2.75. The topological polar surface area (TPSA) is 60.2 Å². The van der Waals surface area contributed by atoms with Gasteiger partial charge in [-0.2, -0.15) is 0 Å². The number of sulfone groups is 1. The van der Waals surface area contributed by atoms with Crippen molar-refractivity contribution in [1.82, 2.24) is 0 Å². The van der Waals surface area contributed by atoms with Gasteiger partial charge in [0, 0.05) is 22.3 Å². The Labute approximate surface area is 112 Å². The third kappa shape index (κ3) is 4.14. The van der Waals surface area contributed by atoms with Gasteiger partial charge >= 0.3 is 0 Å². The molecular formula is C11H15Cl2NO2S. The fourth-order valence-electron chi connectivity index (χ4n) is 1.42. The molecule has 6 heteroatoms. The highest BCUT2D eigenvalue weighted by atomic mass is 35.5. The maximum absolute atomic E-state index is 11.4. The van der Waals surface area contributed by atoms with E-state index in [1.807, 2.05) is 0 Å². The van der Waals surface area contributed by atoms with Crippen molar-refractivity contribution >= 4 is 33.0 Å². The molecule has 1 aromatic carbocycles. The number of hydrogen-bond acceptors (Lipinski definition) is 3. The fourth-order valence-corrected chi connectivity index (χ4v) is 2.64. The second-order valence-corrected chi connectivity index (χ2v) is 7.38. The highest BCUT2D eigenvalue weighted by Crippen LogP contribution is 2.22. The molecule has 1 rings (SSSR count). The minimum Gasteiger partial charge on any atom is -0.326 e. The molecule has 1 aromatic rings. The van der Waals surface area contributed by atoms with Crippen LogP contribution in [0.3, 0.4) is 0 Å². The van der Waals surface area contributed by atoms with Gasteiger partial charge in [-0.05, 0) is 31.0 Å². The summed E-state index contributed by atoms with van der Waals surface area (Å²) in [5.41, 5.74) is 6.68. The van der Waals surface area contributed by atoms with Crippen LogP contribution in [0.15, 0.2) is 18.2 Å². The molecule has 0 spiro atoms. The van der Waals surface area contributed by atoms with Crippen molar-refractivity contribution < 1.29 is 8.42 Å². The van der Waals surface area contributed by atoms with Crippen LogP contribution in [-0.4, -0.2) is 26.0 Å². The number of hydrogen-bond donors (Lipinski definition) is 1. The average molecular weight is 296 g/mol. The quantitative estimate of drug-likeness (QED) is 0.927. The predicted molar refractivity (Wildman–Crippen MR) is 72.4 cm³/mol. The monoisotopic (exact) mass is 295 g/mol. The Morgan fingerprint density at radius 1 is 1.35 bits per heavy atom. The predicted octanol–water partition coefficient (Wildman–Crippen LogP) is 2.30. The van der Waals surface area contributed by atoms with Gasteiger partial charge in [-0.3, -0.25) is 0 Å². The van der Waals surface area contributed by atoms with Crippen LogP contribution in [-0.2, 0) is 16.3 Å². The molecule has 3 nitrogen and oxygen atoms in total. The molecule has 0 aliphatic heterocycles. The average Bonchev–Trinajstić information content (AvgIpc) is 2.19. The summed E-state index contributed by atoms with van der Waals surface area (Å²) in [7, 11) is -3.14. The number of halogens is 2. The molecule has 0 aliphatic carbocycles. The summed E-state index contributed by atoms with van der Waals surface area (Å²) in [4.78, 5) is 0. The zero-order valence-electron chi connectivity index (χ0n) is 9.65. The van der Waals surface area contributed by atoms with Crippen LogP contribution in [0, 0.1) is 0 Å². The van der Waals surface area contributed by atoms with Crippen molar-refractivity contribution in [3.8, 4) is 0 Å². The summed E-state index contributed by atoms with van der Waals surface area (Å²) in [6.45, 7) is 1.60. The minimum atomic E-state index is -3.14. The molecular weight excluding hydrogens is 281 g/mol. The van der Waals surface area contributed by atoms with E-state index in [9.17, 15) is 8.42 Å². The summed E-state index contributed by atoms with van der Waals surface area (Å²) in [6, 6.07) is 4.61. The van der Waals surface area contributed by atoms with Gasteiger partial charge < -0.3 is 5.73 Å². The molecule has 0 aliphatic rings. The third-order valence-corrected chi connectivity index (χ3v) is 5.04. The zero-order chi connectivity index (χ0) is 13.2. The van der Waals surface area contributed by atoms with E-state index in [1.54, 1.807) is 25.1 Å².